The molecule has 2 aromatic rings. The van der Waals surface area contributed by atoms with E-state index < -0.39 is 0 Å². The van der Waals surface area contributed by atoms with Gasteiger partial charge in [-0.3, -0.25) is 4.98 Å². The Labute approximate surface area is 143 Å². The molecule has 0 spiro atoms. The average molecular weight is 321 g/mol. The molecule has 1 aliphatic carbocycles. The molecule has 5 nitrogen and oxygen atoms in total. The molecule has 5 heteroatoms. The van der Waals surface area contributed by atoms with E-state index in [4.69, 9.17) is 0 Å². The molecule has 0 bridgehead atoms. The van der Waals surface area contributed by atoms with E-state index in [-0.39, 0.29) is 0 Å². The van der Waals surface area contributed by atoms with Crippen LogP contribution in [0.4, 0.5) is 5.69 Å². The molecule has 0 radical (unpaired) electrons. The van der Waals surface area contributed by atoms with Crippen LogP contribution in [0, 0.1) is 25.2 Å². The third-order valence-corrected chi connectivity index (χ3v) is 5.38. The van der Waals surface area contributed by atoms with Gasteiger partial charge in [0.05, 0.1) is 35.0 Å². The van der Waals surface area contributed by atoms with E-state index in [1.54, 1.807) is 0 Å². The topological polar surface area (TPSA) is 57.7 Å². The highest BCUT2D eigenvalue weighted by Gasteiger charge is 2.29. The fraction of sp³-hybridized carbons (Fsp3) is 0.526. The highest BCUT2D eigenvalue weighted by Crippen LogP contribution is 2.33. The molecule has 24 heavy (non-hydrogen) atoms. The Morgan fingerprint density at radius 2 is 2.08 bits per heavy atom. The smallest absolute Gasteiger partial charge is 0.103 e. The maximum absolute atomic E-state index is 9.53. The number of nitrogens with zero attached hydrogens (tertiary/aromatic N) is 5. The zero-order valence-corrected chi connectivity index (χ0v) is 14.4. The molecule has 0 unspecified atom stereocenters. The maximum atomic E-state index is 9.53. The molecule has 1 aliphatic heterocycles. The van der Waals surface area contributed by atoms with Crippen LogP contribution >= 0.6 is 0 Å². The van der Waals surface area contributed by atoms with E-state index in [1.807, 2.05) is 20.2 Å². The van der Waals surface area contributed by atoms with Gasteiger partial charge >= 0.3 is 0 Å². The van der Waals surface area contributed by atoms with Crippen molar-refractivity contribution in [2.45, 2.75) is 52.0 Å². The van der Waals surface area contributed by atoms with E-state index in [2.05, 4.69) is 31.6 Å². The van der Waals surface area contributed by atoms with Crippen molar-refractivity contribution in [3.05, 3.63) is 40.7 Å². The van der Waals surface area contributed by atoms with Crippen molar-refractivity contribution < 1.29 is 0 Å². The normalized spacial score (nSPS) is 20.0. The average Bonchev–Trinajstić information content (AvgIpc) is 3.20. The predicted octanol–water partition coefficient (Wildman–Crippen LogP) is 3.10. The van der Waals surface area contributed by atoms with Gasteiger partial charge in [-0.05, 0) is 52.0 Å². The van der Waals surface area contributed by atoms with Crippen LogP contribution in [0.15, 0.2) is 12.4 Å². The predicted molar refractivity (Wildman–Crippen MR) is 93.2 cm³/mol. The monoisotopic (exact) mass is 321 g/mol. The summed E-state index contributed by atoms with van der Waals surface area (Å²) >= 11 is 0. The fourth-order valence-corrected chi connectivity index (χ4v) is 4.19. The van der Waals surface area contributed by atoms with Gasteiger partial charge in [-0.25, -0.2) is 4.98 Å². The van der Waals surface area contributed by atoms with Crippen molar-refractivity contribution in [3.8, 4) is 6.07 Å². The second kappa shape index (κ2) is 5.94. The Morgan fingerprint density at radius 1 is 1.25 bits per heavy atom. The molecule has 0 aromatic carbocycles. The summed E-state index contributed by atoms with van der Waals surface area (Å²) in [5.74, 6) is 0. The van der Waals surface area contributed by atoms with E-state index in [0.717, 1.165) is 49.4 Å². The van der Waals surface area contributed by atoms with E-state index in [1.165, 1.54) is 24.2 Å². The molecule has 0 amide bonds. The third kappa shape index (κ3) is 2.47. The lowest BCUT2D eigenvalue weighted by molar-refractivity contribution is 0.515. The van der Waals surface area contributed by atoms with Crippen LogP contribution < -0.4 is 4.90 Å². The van der Waals surface area contributed by atoms with Gasteiger partial charge in [0.25, 0.3) is 0 Å². The molecule has 4 rings (SSSR count). The van der Waals surface area contributed by atoms with Crippen LogP contribution in [0.1, 0.15) is 53.6 Å². The summed E-state index contributed by atoms with van der Waals surface area (Å²) in [6, 6.07) is 4.86. The summed E-state index contributed by atoms with van der Waals surface area (Å²) in [7, 11) is 0. The fourth-order valence-electron chi connectivity index (χ4n) is 4.19. The van der Waals surface area contributed by atoms with Gasteiger partial charge in [0.2, 0.25) is 0 Å². The number of pyridine rings is 1. The first kappa shape index (κ1) is 15.2. The molecule has 0 saturated carbocycles. The lowest BCUT2D eigenvalue weighted by Crippen LogP contribution is -2.23. The number of nitriles is 1. The van der Waals surface area contributed by atoms with Crippen molar-refractivity contribution in [1.29, 1.82) is 5.26 Å². The van der Waals surface area contributed by atoms with Crippen molar-refractivity contribution in [3.63, 3.8) is 0 Å². The van der Waals surface area contributed by atoms with Crippen LogP contribution in [0.25, 0.3) is 0 Å². The van der Waals surface area contributed by atoms with Gasteiger partial charge in [-0.2, -0.15) is 5.26 Å². The Hall–Kier alpha value is -2.35. The number of aryl methyl sites for hydroxylation is 3. The summed E-state index contributed by atoms with van der Waals surface area (Å²) < 4.78 is 2.40. The maximum Gasteiger partial charge on any atom is 0.103 e. The van der Waals surface area contributed by atoms with E-state index >= 15 is 0 Å². The first-order chi connectivity index (χ1) is 11.7. The van der Waals surface area contributed by atoms with Gasteiger partial charge in [0.1, 0.15) is 6.07 Å². The van der Waals surface area contributed by atoms with E-state index in [9.17, 15) is 5.26 Å². The van der Waals surface area contributed by atoms with Crippen molar-refractivity contribution >= 4 is 5.69 Å². The highest BCUT2D eigenvalue weighted by molar-refractivity contribution is 5.62. The van der Waals surface area contributed by atoms with Gasteiger partial charge in [-0.15, -0.1) is 0 Å². The second-order valence-corrected chi connectivity index (χ2v) is 7.00. The summed E-state index contributed by atoms with van der Waals surface area (Å²) in [5, 5.41) is 9.53. The summed E-state index contributed by atoms with van der Waals surface area (Å²) in [5.41, 5.74) is 6.30. The Kier molecular flexibility index (Phi) is 3.76. The molecule has 1 atom stereocenters. The number of rotatable bonds is 2. The SMILES string of the molecule is Cc1cc(N2CC[C@H](n3cnc4c3CCCC4)C2)c(C#N)c(C)n1. The van der Waals surface area contributed by atoms with E-state index in [0.29, 0.717) is 11.6 Å². The minimum atomic E-state index is 0.458. The lowest BCUT2D eigenvalue weighted by Gasteiger charge is -2.23. The molecule has 2 aromatic heterocycles. The van der Waals surface area contributed by atoms with Gasteiger partial charge < -0.3 is 9.47 Å². The van der Waals surface area contributed by atoms with Crippen molar-refractivity contribution in [2.75, 3.05) is 18.0 Å². The van der Waals surface area contributed by atoms with Crippen LogP contribution in [0.2, 0.25) is 0 Å². The second-order valence-electron chi connectivity index (χ2n) is 7.00. The number of imidazole rings is 1. The first-order valence-electron chi connectivity index (χ1n) is 8.85. The molecular formula is C19H23N5. The summed E-state index contributed by atoms with van der Waals surface area (Å²) in [6.07, 6.45) is 7.97. The zero-order valence-electron chi connectivity index (χ0n) is 14.4. The molecule has 3 heterocycles. The Bertz CT molecular complexity index is 814. The number of fused-ring (bicyclic) bond motifs is 1. The van der Waals surface area contributed by atoms with Gasteiger partial charge in [0, 0.05) is 24.5 Å². The van der Waals surface area contributed by atoms with Crippen molar-refractivity contribution in [2.24, 2.45) is 0 Å². The van der Waals surface area contributed by atoms with Crippen LogP contribution in [0.3, 0.4) is 0 Å². The minimum Gasteiger partial charge on any atom is -0.368 e. The highest BCUT2D eigenvalue weighted by atomic mass is 15.2. The number of anilines is 1. The molecule has 1 saturated heterocycles. The molecule has 2 aliphatic rings. The molecule has 0 N–H and O–H groups in total. The first-order valence-corrected chi connectivity index (χ1v) is 8.85. The quantitative estimate of drug-likeness (QED) is 0.853. The summed E-state index contributed by atoms with van der Waals surface area (Å²) in [6.45, 7) is 5.85. The minimum absolute atomic E-state index is 0.458. The zero-order chi connectivity index (χ0) is 16.7. The number of hydrogen-bond donors (Lipinski definition) is 0. The van der Waals surface area contributed by atoms with Gasteiger partial charge in [0.15, 0.2) is 0 Å². The molecule has 124 valence electrons. The molecular weight excluding hydrogens is 298 g/mol. The van der Waals surface area contributed by atoms with Crippen LogP contribution in [-0.2, 0) is 12.8 Å². The number of hydrogen-bond acceptors (Lipinski definition) is 4. The van der Waals surface area contributed by atoms with Gasteiger partial charge in [-0.1, -0.05) is 0 Å². The largest absolute Gasteiger partial charge is 0.368 e. The standard InChI is InChI=1S/C19H23N5/c1-13-9-19(16(10-20)14(2)22-13)23-8-7-15(11-23)24-12-21-17-5-3-4-6-18(17)24/h9,12,15H,3-8,11H2,1-2H3/t15-/m0/s1. The Balaban J connectivity index is 1.62. The molecule has 1 fully saturated rings. The number of aromatic nitrogens is 3. The van der Waals surface area contributed by atoms with Crippen LogP contribution in [0.5, 0.6) is 0 Å². The van der Waals surface area contributed by atoms with Crippen molar-refractivity contribution in [1.82, 2.24) is 14.5 Å². The lowest BCUT2D eigenvalue weighted by atomic mass is 10.0. The third-order valence-electron chi connectivity index (χ3n) is 5.38. The summed E-state index contributed by atoms with van der Waals surface area (Å²) in [4.78, 5) is 11.4. The Morgan fingerprint density at radius 3 is 2.92 bits per heavy atom. The van der Waals surface area contributed by atoms with Crippen LogP contribution in [-0.4, -0.2) is 27.6 Å².